The van der Waals surface area contributed by atoms with Crippen molar-refractivity contribution in [2.75, 3.05) is 12.4 Å². The molecule has 35 heavy (non-hydrogen) atoms. The van der Waals surface area contributed by atoms with Crippen LogP contribution < -0.4 is 10.2 Å². The van der Waals surface area contributed by atoms with Crippen LogP contribution in [0.15, 0.2) is 83.1 Å². The van der Waals surface area contributed by atoms with Crippen LogP contribution >= 0.6 is 35.0 Å². The Morgan fingerprint density at radius 1 is 1.06 bits per heavy atom. The van der Waals surface area contributed by atoms with E-state index in [9.17, 15) is 4.79 Å². The number of hydrogen-bond acceptors (Lipinski definition) is 6. The SMILES string of the molecule is CCOc1ccc(-n2c(SCC(=O)NN=Cc3ccccc3Cl)nnc2-c2ccc(Cl)cc2)cc1. The van der Waals surface area contributed by atoms with Crippen LogP contribution in [0.2, 0.25) is 10.0 Å². The Bertz CT molecular complexity index is 1320. The van der Waals surface area contributed by atoms with E-state index in [1.807, 2.05) is 66.1 Å². The van der Waals surface area contributed by atoms with E-state index >= 15 is 0 Å². The zero-order valence-electron chi connectivity index (χ0n) is 18.7. The Morgan fingerprint density at radius 2 is 1.80 bits per heavy atom. The molecule has 0 radical (unpaired) electrons. The summed E-state index contributed by atoms with van der Waals surface area (Å²) in [5, 5.41) is 14.5. The third-order valence-electron chi connectivity index (χ3n) is 4.77. The van der Waals surface area contributed by atoms with Gasteiger partial charge in [-0.15, -0.1) is 10.2 Å². The van der Waals surface area contributed by atoms with Crippen LogP contribution in [-0.2, 0) is 4.79 Å². The smallest absolute Gasteiger partial charge is 0.250 e. The summed E-state index contributed by atoms with van der Waals surface area (Å²) in [7, 11) is 0. The maximum Gasteiger partial charge on any atom is 0.250 e. The second-order valence-corrected chi connectivity index (χ2v) is 8.96. The molecule has 0 fully saturated rings. The second kappa shape index (κ2) is 11.9. The van der Waals surface area contributed by atoms with Crippen molar-refractivity contribution in [2.24, 2.45) is 5.10 Å². The van der Waals surface area contributed by atoms with E-state index in [1.54, 1.807) is 18.2 Å². The van der Waals surface area contributed by atoms with Crippen molar-refractivity contribution in [1.29, 1.82) is 0 Å². The summed E-state index contributed by atoms with van der Waals surface area (Å²) in [6.07, 6.45) is 1.51. The molecule has 1 aromatic heterocycles. The molecule has 1 N–H and O–H groups in total. The molecule has 0 aliphatic heterocycles. The molecule has 0 bridgehead atoms. The molecule has 0 saturated heterocycles. The number of benzene rings is 3. The van der Waals surface area contributed by atoms with Crippen molar-refractivity contribution >= 4 is 47.1 Å². The number of aromatic nitrogens is 3. The molecule has 7 nitrogen and oxygen atoms in total. The molecule has 10 heteroatoms. The molecular weight excluding hydrogens is 505 g/mol. The Morgan fingerprint density at radius 3 is 2.51 bits per heavy atom. The highest BCUT2D eigenvalue weighted by Crippen LogP contribution is 2.29. The molecule has 4 aromatic rings. The first-order chi connectivity index (χ1) is 17.0. The van der Waals surface area contributed by atoms with Gasteiger partial charge in [0, 0.05) is 26.9 Å². The van der Waals surface area contributed by atoms with Crippen molar-refractivity contribution in [1.82, 2.24) is 20.2 Å². The maximum absolute atomic E-state index is 12.4. The number of rotatable bonds is 9. The monoisotopic (exact) mass is 525 g/mol. The Hall–Kier alpha value is -3.33. The third-order valence-corrected chi connectivity index (χ3v) is 6.30. The van der Waals surface area contributed by atoms with Crippen molar-refractivity contribution in [3.05, 3.63) is 88.4 Å². The van der Waals surface area contributed by atoms with Crippen molar-refractivity contribution in [3.8, 4) is 22.8 Å². The van der Waals surface area contributed by atoms with E-state index in [4.69, 9.17) is 27.9 Å². The summed E-state index contributed by atoms with van der Waals surface area (Å²) in [6, 6.07) is 22.2. The molecule has 0 saturated carbocycles. The summed E-state index contributed by atoms with van der Waals surface area (Å²) in [5.74, 6) is 1.20. The fourth-order valence-corrected chi connectivity index (χ4v) is 4.21. The molecular formula is C25H21Cl2N5O2S. The summed E-state index contributed by atoms with van der Waals surface area (Å²) in [4.78, 5) is 12.4. The molecule has 0 aliphatic carbocycles. The number of thioether (sulfide) groups is 1. The summed E-state index contributed by atoms with van der Waals surface area (Å²) in [6.45, 7) is 2.52. The number of nitrogens with one attached hydrogen (secondary N) is 1. The van der Waals surface area contributed by atoms with Crippen molar-refractivity contribution in [2.45, 2.75) is 12.1 Å². The maximum atomic E-state index is 12.4. The van der Waals surface area contributed by atoms with Gasteiger partial charge >= 0.3 is 0 Å². The van der Waals surface area contributed by atoms with Gasteiger partial charge in [0.15, 0.2) is 11.0 Å². The summed E-state index contributed by atoms with van der Waals surface area (Å²) >= 11 is 13.4. The average Bonchev–Trinajstić information content (AvgIpc) is 3.29. The molecule has 0 aliphatic rings. The largest absolute Gasteiger partial charge is 0.494 e. The lowest BCUT2D eigenvalue weighted by Gasteiger charge is -2.11. The Kier molecular flexibility index (Phi) is 8.41. The number of nitrogens with zero attached hydrogens (tertiary/aromatic N) is 4. The summed E-state index contributed by atoms with van der Waals surface area (Å²) < 4.78 is 7.45. The standard InChI is InChI=1S/C25H21Cl2N5O2S/c1-2-34-21-13-11-20(12-14-21)32-24(17-7-9-19(26)10-8-17)30-31-25(32)35-16-23(33)29-28-15-18-5-3-4-6-22(18)27/h3-15H,2,16H2,1H3,(H,29,33). The minimum Gasteiger partial charge on any atom is -0.494 e. The fraction of sp³-hybridized carbons (Fsp3) is 0.120. The van der Waals surface area contributed by atoms with Gasteiger partial charge in [-0.05, 0) is 61.5 Å². The quantitative estimate of drug-likeness (QED) is 0.167. The molecule has 0 spiro atoms. The van der Waals surface area contributed by atoms with Crippen molar-refractivity contribution in [3.63, 3.8) is 0 Å². The van der Waals surface area contributed by atoms with Crippen LogP contribution in [-0.4, -0.2) is 39.2 Å². The highest BCUT2D eigenvalue weighted by Gasteiger charge is 2.17. The lowest BCUT2D eigenvalue weighted by Crippen LogP contribution is -2.20. The molecule has 4 rings (SSSR count). The van der Waals surface area contributed by atoms with Gasteiger partial charge in [0.1, 0.15) is 5.75 Å². The first-order valence-electron chi connectivity index (χ1n) is 10.7. The molecule has 0 atom stereocenters. The predicted octanol–water partition coefficient (Wildman–Crippen LogP) is 5.88. The normalized spacial score (nSPS) is 11.1. The third kappa shape index (κ3) is 6.42. The number of carbonyl (C=O) groups is 1. The Labute approximate surface area is 217 Å². The minimum atomic E-state index is -0.285. The lowest BCUT2D eigenvalue weighted by atomic mass is 10.2. The number of hydrogen-bond donors (Lipinski definition) is 1. The van der Waals surface area contributed by atoms with Gasteiger partial charge in [0.05, 0.1) is 18.6 Å². The second-order valence-electron chi connectivity index (χ2n) is 7.18. The number of amides is 1. The molecule has 1 heterocycles. The number of ether oxygens (including phenoxy) is 1. The highest BCUT2D eigenvalue weighted by atomic mass is 35.5. The van der Waals surface area contributed by atoms with E-state index < -0.39 is 0 Å². The molecule has 0 unspecified atom stereocenters. The van der Waals surface area contributed by atoms with Gasteiger partial charge in [-0.3, -0.25) is 9.36 Å². The van der Waals surface area contributed by atoms with Gasteiger partial charge < -0.3 is 4.74 Å². The first kappa shape index (κ1) is 24.8. The van der Waals surface area contributed by atoms with Crippen LogP contribution in [0.5, 0.6) is 5.75 Å². The predicted molar refractivity (Wildman–Crippen MR) is 141 cm³/mol. The number of hydrazone groups is 1. The first-order valence-corrected chi connectivity index (χ1v) is 12.4. The van der Waals surface area contributed by atoms with Gasteiger partial charge in [0.2, 0.25) is 0 Å². The fourth-order valence-electron chi connectivity index (χ4n) is 3.16. The zero-order valence-corrected chi connectivity index (χ0v) is 21.0. The van der Waals surface area contributed by atoms with Gasteiger partial charge in [0.25, 0.3) is 5.91 Å². The van der Waals surface area contributed by atoms with E-state index in [-0.39, 0.29) is 11.7 Å². The average molecular weight is 526 g/mol. The minimum absolute atomic E-state index is 0.0929. The van der Waals surface area contributed by atoms with E-state index in [0.717, 1.165) is 17.0 Å². The number of halogens is 2. The van der Waals surface area contributed by atoms with Gasteiger partial charge in [-0.2, -0.15) is 5.10 Å². The zero-order chi connectivity index (χ0) is 24.6. The molecule has 1 amide bonds. The van der Waals surface area contributed by atoms with Crippen molar-refractivity contribution < 1.29 is 9.53 Å². The van der Waals surface area contributed by atoms with Crippen LogP contribution in [0, 0.1) is 0 Å². The van der Waals surface area contributed by atoms with Crippen LogP contribution in [0.3, 0.4) is 0 Å². The summed E-state index contributed by atoms with van der Waals surface area (Å²) in [5.41, 5.74) is 4.91. The van der Waals surface area contributed by atoms with Crippen LogP contribution in [0.4, 0.5) is 0 Å². The van der Waals surface area contributed by atoms with Crippen LogP contribution in [0.1, 0.15) is 12.5 Å². The molecule has 178 valence electrons. The van der Waals surface area contributed by atoms with E-state index in [0.29, 0.717) is 33.2 Å². The van der Waals surface area contributed by atoms with Crippen LogP contribution in [0.25, 0.3) is 17.1 Å². The highest BCUT2D eigenvalue weighted by molar-refractivity contribution is 7.99. The van der Waals surface area contributed by atoms with E-state index in [2.05, 4.69) is 20.7 Å². The molecule has 3 aromatic carbocycles. The Balaban J connectivity index is 1.53. The van der Waals surface area contributed by atoms with Gasteiger partial charge in [-0.25, -0.2) is 5.43 Å². The lowest BCUT2D eigenvalue weighted by molar-refractivity contribution is -0.118. The van der Waals surface area contributed by atoms with E-state index in [1.165, 1.54) is 18.0 Å². The number of carbonyl (C=O) groups excluding carboxylic acids is 1. The topological polar surface area (TPSA) is 81.4 Å². The van der Waals surface area contributed by atoms with Gasteiger partial charge in [-0.1, -0.05) is 53.2 Å².